The van der Waals surface area contributed by atoms with Gasteiger partial charge in [0.2, 0.25) is 0 Å². The first-order chi connectivity index (χ1) is 16.5. The van der Waals surface area contributed by atoms with Gasteiger partial charge in [0.1, 0.15) is 0 Å². The van der Waals surface area contributed by atoms with Crippen LogP contribution in [0, 0.1) is 0 Å². The Balaban J connectivity index is 1.74. The molecule has 34 heavy (non-hydrogen) atoms. The Bertz CT molecular complexity index is 1090. The monoisotopic (exact) mass is 460 g/mol. The molecule has 0 N–H and O–H groups in total. The lowest BCUT2D eigenvalue weighted by Gasteiger charge is -2.37. The van der Waals surface area contributed by atoms with E-state index in [0.717, 1.165) is 38.5 Å². The zero-order chi connectivity index (χ0) is 23.7. The highest BCUT2D eigenvalue weighted by Crippen LogP contribution is 2.48. The second-order valence-electron chi connectivity index (χ2n) is 9.57. The lowest BCUT2D eigenvalue weighted by atomic mass is 9.64. The summed E-state index contributed by atoms with van der Waals surface area (Å²) in [6, 6.07) is 10.5. The molecule has 2 aromatic rings. The topological polar surface area (TPSA) is 86.7 Å². The van der Waals surface area contributed by atoms with Crippen LogP contribution < -0.4 is 0 Å². The summed E-state index contributed by atoms with van der Waals surface area (Å²) in [5.41, 5.74) is 1.79. The molecule has 0 aromatic heterocycles. The Morgan fingerprint density at radius 1 is 0.500 bits per heavy atom. The zero-order valence-electron chi connectivity index (χ0n) is 19.2. The minimum Gasteiger partial charge on any atom is -0.386 e. The molecule has 176 valence electrons. The molecule has 0 unspecified atom stereocenters. The van der Waals surface area contributed by atoms with Crippen LogP contribution in [0.3, 0.4) is 0 Å². The zero-order valence-corrected chi connectivity index (χ0v) is 19.2. The number of esters is 4. The number of hydrogen-bond donors (Lipinski definition) is 0. The summed E-state index contributed by atoms with van der Waals surface area (Å²) in [5.74, 6) is -2.57. The normalized spacial score (nSPS) is 20.6. The molecule has 1 fully saturated rings. The predicted octanol–water partition coefficient (Wildman–Crippen LogP) is 5.90. The van der Waals surface area contributed by atoms with Gasteiger partial charge in [-0.2, -0.15) is 0 Å². The molecule has 0 spiro atoms. The molecule has 6 nitrogen and oxygen atoms in total. The lowest BCUT2D eigenvalue weighted by molar-refractivity contribution is 0.0426. The van der Waals surface area contributed by atoms with Gasteiger partial charge in [0, 0.05) is 5.41 Å². The Morgan fingerprint density at radius 2 is 0.882 bits per heavy atom. The third-order valence-corrected chi connectivity index (χ3v) is 7.59. The highest BCUT2D eigenvalue weighted by Gasteiger charge is 2.45. The van der Waals surface area contributed by atoms with Crippen molar-refractivity contribution in [3.8, 4) is 0 Å². The van der Waals surface area contributed by atoms with E-state index in [2.05, 4.69) is 0 Å². The van der Waals surface area contributed by atoms with Crippen molar-refractivity contribution in [3.05, 3.63) is 69.8 Å². The van der Waals surface area contributed by atoms with Crippen LogP contribution in [0.15, 0.2) is 36.4 Å². The van der Waals surface area contributed by atoms with Crippen LogP contribution in [0.1, 0.15) is 123 Å². The summed E-state index contributed by atoms with van der Waals surface area (Å²) in [5, 5.41) is 0. The lowest BCUT2D eigenvalue weighted by Crippen LogP contribution is -2.32. The SMILES string of the molecule is O=C1OC(=O)c2c1cccc2C1(c2cccc3c2C(=O)OC3=O)CCCCCCCCCCC1. The van der Waals surface area contributed by atoms with Gasteiger partial charge in [-0.25, -0.2) is 19.2 Å². The number of benzene rings is 2. The van der Waals surface area contributed by atoms with Crippen LogP contribution in [0.25, 0.3) is 0 Å². The first kappa shape index (κ1) is 22.5. The fourth-order valence-corrected chi connectivity index (χ4v) is 5.96. The summed E-state index contributed by atoms with van der Waals surface area (Å²) in [6.07, 6.45) is 11.2. The van der Waals surface area contributed by atoms with E-state index in [1.54, 1.807) is 24.3 Å². The molecule has 5 rings (SSSR count). The fraction of sp³-hybridized carbons (Fsp3) is 0.429. The third-order valence-electron chi connectivity index (χ3n) is 7.59. The molecule has 0 radical (unpaired) electrons. The van der Waals surface area contributed by atoms with Crippen LogP contribution in [-0.4, -0.2) is 23.9 Å². The average molecular weight is 461 g/mol. The van der Waals surface area contributed by atoms with Crippen molar-refractivity contribution in [2.45, 2.75) is 76.0 Å². The third kappa shape index (κ3) is 3.75. The average Bonchev–Trinajstić information content (AvgIpc) is 3.29. The van der Waals surface area contributed by atoms with Gasteiger partial charge >= 0.3 is 23.9 Å². The summed E-state index contributed by atoms with van der Waals surface area (Å²) in [7, 11) is 0. The van der Waals surface area contributed by atoms with Gasteiger partial charge in [0.15, 0.2) is 0 Å². The number of rotatable bonds is 2. The maximum absolute atomic E-state index is 12.9. The molecule has 6 heteroatoms. The Morgan fingerprint density at radius 3 is 1.29 bits per heavy atom. The van der Waals surface area contributed by atoms with E-state index in [4.69, 9.17) is 9.47 Å². The van der Waals surface area contributed by atoms with Gasteiger partial charge in [-0.05, 0) is 36.1 Å². The largest absolute Gasteiger partial charge is 0.386 e. The van der Waals surface area contributed by atoms with Crippen molar-refractivity contribution < 1.29 is 28.7 Å². The van der Waals surface area contributed by atoms with Crippen molar-refractivity contribution in [1.29, 1.82) is 0 Å². The van der Waals surface area contributed by atoms with Crippen LogP contribution in [0.2, 0.25) is 0 Å². The first-order valence-corrected chi connectivity index (χ1v) is 12.3. The molecule has 0 saturated heterocycles. The Kier molecular flexibility index (Phi) is 6.07. The molecule has 0 amide bonds. The van der Waals surface area contributed by atoms with Crippen molar-refractivity contribution in [3.63, 3.8) is 0 Å². The Labute approximate surface area is 198 Å². The number of carbonyl (C=O) groups excluding carboxylic acids is 4. The molecule has 2 heterocycles. The van der Waals surface area contributed by atoms with E-state index >= 15 is 0 Å². The molecular weight excluding hydrogens is 432 g/mol. The molecule has 2 aromatic carbocycles. The minimum atomic E-state index is -0.719. The molecule has 0 bridgehead atoms. The molecular formula is C28H28O6. The first-order valence-electron chi connectivity index (χ1n) is 12.3. The van der Waals surface area contributed by atoms with Gasteiger partial charge < -0.3 is 9.47 Å². The van der Waals surface area contributed by atoms with Crippen LogP contribution in [0.5, 0.6) is 0 Å². The summed E-state index contributed by atoms with van der Waals surface area (Å²) >= 11 is 0. The molecule has 3 aliphatic rings. The summed E-state index contributed by atoms with van der Waals surface area (Å²) in [6.45, 7) is 0. The smallest absolute Gasteiger partial charge is 0.347 e. The van der Waals surface area contributed by atoms with Gasteiger partial charge in [0.25, 0.3) is 0 Å². The second-order valence-corrected chi connectivity index (χ2v) is 9.57. The number of hydrogen-bond acceptors (Lipinski definition) is 6. The van der Waals surface area contributed by atoms with E-state index in [1.165, 1.54) is 19.3 Å². The highest BCUT2D eigenvalue weighted by atomic mass is 16.6. The van der Waals surface area contributed by atoms with Crippen LogP contribution in [0.4, 0.5) is 0 Å². The van der Waals surface area contributed by atoms with Gasteiger partial charge in [0.05, 0.1) is 22.3 Å². The standard InChI is InChI=1S/C28H28O6/c29-24-18-12-10-14-20(22(18)26(31)33-24)28(16-8-6-4-2-1-3-5-7-9-17-28)21-15-11-13-19-23(21)27(32)34-25(19)30/h10-15H,1-9,16-17H2. The van der Waals surface area contributed by atoms with Gasteiger partial charge in [-0.3, -0.25) is 0 Å². The predicted molar refractivity (Wildman–Crippen MR) is 124 cm³/mol. The van der Waals surface area contributed by atoms with Crippen molar-refractivity contribution in [2.24, 2.45) is 0 Å². The van der Waals surface area contributed by atoms with Gasteiger partial charge in [-0.1, -0.05) is 82.1 Å². The number of cyclic esters (lactones) is 4. The molecule has 1 aliphatic carbocycles. The number of fused-ring (bicyclic) bond motifs is 2. The van der Waals surface area contributed by atoms with E-state index < -0.39 is 29.3 Å². The maximum atomic E-state index is 12.9. The number of ether oxygens (including phenoxy) is 2. The molecule has 2 aliphatic heterocycles. The van der Waals surface area contributed by atoms with E-state index in [9.17, 15) is 19.2 Å². The van der Waals surface area contributed by atoms with Crippen molar-refractivity contribution >= 4 is 23.9 Å². The molecule has 1 saturated carbocycles. The van der Waals surface area contributed by atoms with Crippen LogP contribution >= 0.6 is 0 Å². The second kappa shape index (κ2) is 9.16. The van der Waals surface area contributed by atoms with E-state index in [-0.39, 0.29) is 22.3 Å². The summed E-state index contributed by atoms with van der Waals surface area (Å²) < 4.78 is 9.98. The highest BCUT2D eigenvalue weighted by molar-refractivity contribution is 6.17. The minimum absolute atomic E-state index is 0.263. The van der Waals surface area contributed by atoms with Crippen molar-refractivity contribution in [1.82, 2.24) is 0 Å². The quantitative estimate of drug-likeness (QED) is 0.410. The van der Waals surface area contributed by atoms with Crippen molar-refractivity contribution in [2.75, 3.05) is 0 Å². The van der Waals surface area contributed by atoms with E-state index in [0.29, 0.717) is 24.0 Å². The van der Waals surface area contributed by atoms with Crippen LogP contribution in [-0.2, 0) is 14.9 Å². The van der Waals surface area contributed by atoms with Gasteiger partial charge in [-0.15, -0.1) is 0 Å². The molecule has 0 atom stereocenters. The fourth-order valence-electron chi connectivity index (χ4n) is 5.96. The summed E-state index contributed by atoms with van der Waals surface area (Å²) in [4.78, 5) is 50.5. The number of carbonyl (C=O) groups is 4. The van der Waals surface area contributed by atoms with E-state index in [1.807, 2.05) is 12.1 Å². The Hall–Kier alpha value is -3.28. The maximum Gasteiger partial charge on any atom is 0.347 e.